The average Bonchev–Trinajstić information content (AvgIpc) is 3.13. The Balaban J connectivity index is 1.64. The molecular weight excluding hydrogens is 436 g/mol. The largest absolute Gasteiger partial charge is 0.493 e. The summed E-state index contributed by atoms with van der Waals surface area (Å²) in [7, 11) is 0. The molecule has 0 radical (unpaired) electrons. The first-order chi connectivity index (χ1) is 15.8. The second kappa shape index (κ2) is 8.01. The smallest absolute Gasteiger partial charge is 0.317 e. The van der Waals surface area contributed by atoms with E-state index in [4.69, 9.17) is 9.72 Å². The van der Waals surface area contributed by atoms with Crippen molar-refractivity contribution in [3.05, 3.63) is 64.1 Å². The van der Waals surface area contributed by atoms with Crippen LogP contribution in [-0.4, -0.2) is 28.2 Å². The Kier molecular flexibility index (Phi) is 5.26. The third kappa shape index (κ3) is 3.81. The summed E-state index contributed by atoms with van der Waals surface area (Å²) in [6, 6.07) is 13.5. The number of amides is 1. The van der Waals surface area contributed by atoms with Gasteiger partial charge in [-0.15, -0.1) is 16.2 Å². The molecule has 0 spiro atoms. The minimum atomic E-state index is -0.843. The van der Waals surface area contributed by atoms with E-state index in [0.29, 0.717) is 41.8 Å². The number of fused-ring (bicyclic) bond motifs is 2. The molecular formula is C26H24N2O4S. The summed E-state index contributed by atoms with van der Waals surface area (Å²) in [5, 5.41) is 14.4. The number of aliphatic hydroxyl groups is 1. The molecule has 2 aromatic heterocycles. The van der Waals surface area contributed by atoms with E-state index in [1.807, 2.05) is 45.0 Å². The normalized spacial score (nSPS) is 20.1. The van der Waals surface area contributed by atoms with Gasteiger partial charge in [0.1, 0.15) is 5.75 Å². The number of hydrogen-bond acceptors (Lipinski definition) is 6. The molecule has 7 heteroatoms. The Bertz CT molecular complexity index is 1420. The van der Waals surface area contributed by atoms with E-state index in [-0.39, 0.29) is 11.5 Å². The van der Waals surface area contributed by atoms with Crippen LogP contribution in [0.2, 0.25) is 0 Å². The number of aryl methyl sites for hydroxylation is 2. The molecule has 1 aliphatic carbocycles. The molecule has 0 bridgehead atoms. The maximum absolute atomic E-state index is 12.6. The lowest BCUT2D eigenvalue weighted by molar-refractivity contribution is -0.0689. The number of thiophene rings is 1. The lowest BCUT2D eigenvalue weighted by Crippen LogP contribution is -2.43. The van der Waals surface area contributed by atoms with Gasteiger partial charge in [-0.1, -0.05) is 24.3 Å². The topological polar surface area (TPSA) is 88.9 Å². The molecule has 0 saturated heterocycles. The van der Waals surface area contributed by atoms with Gasteiger partial charge >= 0.3 is 5.91 Å². The molecule has 1 N–H and O–H groups in total. The predicted molar refractivity (Wildman–Crippen MR) is 131 cm³/mol. The van der Waals surface area contributed by atoms with Gasteiger partial charge in [0, 0.05) is 9.88 Å². The van der Waals surface area contributed by atoms with Gasteiger partial charge in [-0.3, -0.25) is 4.79 Å². The van der Waals surface area contributed by atoms with Gasteiger partial charge in [-0.05, 0) is 74.2 Å². The van der Waals surface area contributed by atoms with E-state index in [0.717, 1.165) is 26.1 Å². The molecule has 1 aliphatic rings. The van der Waals surface area contributed by atoms with Crippen LogP contribution in [0.25, 0.3) is 31.6 Å². The maximum Gasteiger partial charge on any atom is 0.317 e. The minimum absolute atomic E-state index is 0.196. The number of hydrogen-bond donors (Lipinski definition) is 1. The van der Waals surface area contributed by atoms with Crippen LogP contribution < -0.4 is 4.74 Å². The lowest BCUT2D eigenvalue weighted by Gasteiger charge is -2.40. The first kappa shape index (κ1) is 21.7. The Labute approximate surface area is 195 Å². The number of carbonyl (C=O) groups excluding carboxylic acids is 1. The molecule has 6 nitrogen and oxygen atoms in total. The Hall–Kier alpha value is -3.16. The molecule has 5 rings (SSSR count). The zero-order chi connectivity index (χ0) is 23.3. The summed E-state index contributed by atoms with van der Waals surface area (Å²) in [6.45, 7) is 6.21. The summed E-state index contributed by atoms with van der Waals surface area (Å²) in [4.78, 5) is 29.8. The fourth-order valence-corrected chi connectivity index (χ4v) is 6.00. The van der Waals surface area contributed by atoms with Gasteiger partial charge in [0.2, 0.25) is 0 Å². The van der Waals surface area contributed by atoms with Crippen LogP contribution in [0.3, 0.4) is 0 Å². The molecule has 1 fully saturated rings. The van der Waals surface area contributed by atoms with Gasteiger partial charge in [0.15, 0.2) is 0 Å². The first-order valence-electron chi connectivity index (χ1n) is 10.9. The SMILES string of the molecule is Cc1c(-c2cc(C(=O)N=O)c3c(OCC4CC(C)(O)C4)ccc(C)c3n2)sc2ccccc12. The number of carbonyl (C=O) groups is 1. The van der Waals surface area contributed by atoms with Gasteiger partial charge in [-0.25, -0.2) is 4.98 Å². The van der Waals surface area contributed by atoms with Gasteiger partial charge in [-0.2, -0.15) is 0 Å². The predicted octanol–water partition coefficient (Wildman–Crippen LogP) is 6.18. The second-order valence-electron chi connectivity index (χ2n) is 9.19. The zero-order valence-electron chi connectivity index (χ0n) is 18.7. The average molecular weight is 461 g/mol. The molecule has 1 saturated carbocycles. The van der Waals surface area contributed by atoms with Crippen LogP contribution in [0, 0.1) is 24.7 Å². The van der Waals surface area contributed by atoms with Gasteiger partial charge in [0.25, 0.3) is 0 Å². The maximum atomic E-state index is 12.6. The molecule has 2 aromatic carbocycles. The third-order valence-electron chi connectivity index (χ3n) is 6.45. The van der Waals surface area contributed by atoms with Crippen molar-refractivity contribution in [2.45, 2.75) is 39.2 Å². The number of pyridine rings is 1. The van der Waals surface area contributed by atoms with Crippen molar-refractivity contribution in [3.8, 4) is 16.3 Å². The van der Waals surface area contributed by atoms with Crippen molar-refractivity contribution in [1.29, 1.82) is 0 Å². The quantitative estimate of drug-likeness (QED) is 0.359. The van der Waals surface area contributed by atoms with Crippen molar-refractivity contribution in [2.75, 3.05) is 6.61 Å². The van der Waals surface area contributed by atoms with Crippen LogP contribution in [0.4, 0.5) is 0 Å². The number of rotatable bonds is 5. The number of aromatic nitrogens is 1. The Morgan fingerprint density at radius 2 is 2.00 bits per heavy atom. The lowest BCUT2D eigenvalue weighted by atomic mass is 9.73. The van der Waals surface area contributed by atoms with Crippen molar-refractivity contribution in [1.82, 2.24) is 4.98 Å². The van der Waals surface area contributed by atoms with E-state index >= 15 is 0 Å². The van der Waals surface area contributed by atoms with E-state index in [9.17, 15) is 14.8 Å². The van der Waals surface area contributed by atoms with Crippen molar-refractivity contribution in [3.63, 3.8) is 0 Å². The molecule has 0 atom stereocenters. The highest BCUT2D eigenvalue weighted by molar-refractivity contribution is 7.22. The zero-order valence-corrected chi connectivity index (χ0v) is 19.5. The van der Waals surface area contributed by atoms with Gasteiger partial charge in [0.05, 0.1) is 39.2 Å². The standard InChI is InChI=1S/C26H24N2O4S/c1-14-8-9-20(32-13-16-11-26(3,30)12-16)22-18(25(29)28-31)10-19(27-23(14)22)24-15(2)17-6-4-5-7-21(17)33-24/h4-10,16,30H,11-13H2,1-3H3. The molecule has 2 heterocycles. The number of ether oxygens (including phenoxy) is 1. The summed E-state index contributed by atoms with van der Waals surface area (Å²) in [6.07, 6.45) is 1.35. The van der Waals surface area contributed by atoms with Crippen LogP contribution in [-0.2, 0) is 0 Å². The van der Waals surface area contributed by atoms with E-state index < -0.39 is 11.5 Å². The molecule has 33 heavy (non-hydrogen) atoms. The van der Waals surface area contributed by atoms with Crippen molar-refractivity contribution < 1.29 is 14.6 Å². The Morgan fingerprint density at radius 3 is 2.70 bits per heavy atom. The monoisotopic (exact) mass is 460 g/mol. The van der Waals surface area contributed by atoms with Gasteiger partial charge < -0.3 is 9.84 Å². The highest BCUT2D eigenvalue weighted by atomic mass is 32.1. The fourth-order valence-electron chi connectivity index (χ4n) is 4.83. The highest BCUT2D eigenvalue weighted by Crippen LogP contribution is 2.41. The third-order valence-corrected chi connectivity index (χ3v) is 7.74. The minimum Gasteiger partial charge on any atom is -0.493 e. The summed E-state index contributed by atoms with van der Waals surface area (Å²) in [5.41, 5.74) is 2.79. The molecule has 0 aliphatic heterocycles. The van der Waals surface area contributed by atoms with Crippen LogP contribution in [0.1, 0.15) is 41.3 Å². The summed E-state index contributed by atoms with van der Waals surface area (Å²) >= 11 is 1.61. The van der Waals surface area contributed by atoms with E-state index in [1.54, 1.807) is 17.4 Å². The van der Waals surface area contributed by atoms with Crippen molar-refractivity contribution in [2.24, 2.45) is 11.1 Å². The van der Waals surface area contributed by atoms with E-state index in [2.05, 4.69) is 17.3 Å². The van der Waals surface area contributed by atoms with E-state index in [1.165, 1.54) is 0 Å². The highest BCUT2D eigenvalue weighted by Gasteiger charge is 2.38. The van der Waals surface area contributed by atoms with Crippen molar-refractivity contribution >= 4 is 38.2 Å². The Morgan fingerprint density at radius 1 is 1.24 bits per heavy atom. The van der Waals surface area contributed by atoms with Crippen LogP contribution in [0.5, 0.6) is 5.75 Å². The summed E-state index contributed by atoms with van der Waals surface area (Å²) < 4.78 is 7.22. The van der Waals surface area contributed by atoms with Crippen LogP contribution >= 0.6 is 11.3 Å². The number of nitroso groups, excluding NO2 is 1. The van der Waals surface area contributed by atoms with Crippen LogP contribution in [0.15, 0.2) is 47.6 Å². The molecule has 4 aromatic rings. The number of benzene rings is 2. The molecule has 1 amide bonds. The molecule has 168 valence electrons. The second-order valence-corrected chi connectivity index (χ2v) is 10.2. The number of nitrogens with zero attached hydrogens (tertiary/aromatic N) is 2. The first-order valence-corrected chi connectivity index (χ1v) is 11.7. The summed E-state index contributed by atoms with van der Waals surface area (Å²) in [5.74, 6) is -0.0983. The molecule has 0 unspecified atom stereocenters. The fraction of sp³-hybridized carbons (Fsp3) is 0.308.